The lowest BCUT2D eigenvalue weighted by Gasteiger charge is -2.32. The average Bonchev–Trinajstić information content (AvgIpc) is 2.46. The van der Waals surface area contributed by atoms with E-state index in [2.05, 4.69) is 0 Å². The maximum atomic E-state index is 12.5. The van der Waals surface area contributed by atoms with Gasteiger partial charge >= 0.3 is 0 Å². The number of anilines is 1. The molecule has 104 valence electrons. The first-order valence-corrected chi connectivity index (χ1v) is 7.86. The topological polar surface area (TPSA) is 40.5 Å². The molecule has 1 aromatic rings. The summed E-state index contributed by atoms with van der Waals surface area (Å²) in [5, 5.41) is 9.10. The molecule has 3 nitrogen and oxygen atoms in total. The van der Waals surface area contributed by atoms with Gasteiger partial charge in [0, 0.05) is 18.8 Å². The first kappa shape index (κ1) is 14.4. The van der Waals surface area contributed by atoms with Gasteiger partial charge in [-0.2, -0.15) is 0 Å². The molecule has 2 atom stereocenters. The molecule has 19 heavy (non-hydrogen) atoms. The number of nitrogens with zero attached hydrogens (tertiary/aromatic N) is 1. The zero-order valence-electron chi connectivity index (χ0n) is 11.3. The molecule has 1 heterocycles. The molecule has 1 saturated heterocycles. The van der Waals surface area contributed by atoms with Crippen LogP contribution in [0.4, 0.5) is 5.69 Å². The lowest BCUT2D eigenvalue weighted by atomic mass is 10.1. The van der Waals surface area contributed by atoms with Crippen LogP contribution >= 0.6 is 11.8 Å². The summed E-state index contributed by atoms with van der Waals surface area (Å²) in [4.78, 5) is 14.4. The van der Waals surface area contributed by atoms with Crippen molar-refractivity contribution in [2.75, 3.05) is 23.8 Å². The van der Waals surface area contributed by atoms with Gasteiger partial charge in [0.15, 0.2) is 0 Å². The molecule has 0 spiro atoms. The third kappa shape index (κ3) is 3.74. The number of amides is 1. The second-order valence-corrected chi connectivity index (χ2v) is 6.31. The van der Waals surface area contributed by atoms with Crippen LogP contribution in [0.3, 0.4) is 0 Å². The van der Waals surface area contributed by atoms with Crippen LogP contribution < -0.4 is 4.90 Å². The Bertz CT molecular complexity index is 410. The van der Waals surface area contributed by atoms with Crippen molar-refractivity contribution in [3.05, 3.63) is 30.3 Å². The number of piperidine rings is 1. The maximum absolute atomic E-state index is 12.5. The highest BCUT2D eigenvalue weighted by Gasteiger charge is 2.29. The molecular formula is C15H21NO2S. The SMILES string of the molecule is C[C@H](CO)CS[C@H]1CCCN(c2ccccc2)C1=O. The van der Waals surface area contributed by atoms with Gasteiger partial charge in [-0.25, -0.2) is 0 Å². The fourth-order valence-electron chi connectivity index (χ4n) is 2.19. The van der Waals surface area contributed by atoms with E-state index in [1.54, 1.807) is 11.8 Å². The molecule has 0 radical (unpaired) electrons. The van der Waals surface area contributed by atoms with E-state index in [0.717, 1.165) is 30.8 Å². The zero-order valence-corrected chi connectivity index (χ0v) is 12.1. The normalized spacial score (nSPS) is 21.5. The number of carbonyl (C=O) groups excluding carboxylic acids is 1. The van der Waals surface area contributed by atoms with E-state index in [9.17, 15) is 4.79 Å². The van der Waals surface area contributed by atoms with Gasteiger partial charge in [0.2, 0.25) is 5.91 Å². The fraction of sp³-hybridized carbons (Fsp3) is 0.533. The number of aliphatic hydroxyl groups excluding tert-OH is 1. The van der Waals surface area contributed by atoms with Gasteiger partial charge in [0.05, 0.1) is 5.25 Å². The summed E-state index contributed by atoms with van der Waals surface area (Å²) in [6.07, 6.45) is 2.00. The van der Waals surface area contributed by atoms with Crippen LogP contribution in [0.5, 0.6) is 0 Å². The fourth-order valence-corrected chi connectivity index (χ4v) is 3.46. The Morgan fingerprint density at radius 3 is 2.84 bits per heavy atom. The monoisotopic (exact) mass is 279 g/mol. The van der Waals surface area contributed by atoms with Crippen LogP contribution in [-0.4, -0.2) is 35.2 Å². The largest absolute Gasteiger partial charge is 0.396 e. The molecule has 0 aromatic heterocycles. The van der Waals surface area contributed by atoms with Crippen molar-refractivity contribution in [1.29, 1.82) is 0 Å². The number of carbonyl (C=O) groups is 1. The number of para-hydroxylation sites is 1. The quantitative estimate of drug-likeness (QED) is 0.900. The number of rotatable bonds is 5. The van der Waals surface area contributed by atoms with Crippen molar-refractivity contribution in [3.8, 4) is 0 Å². The Kier molecular flexibility index (Phi) is 5.28. The minimum Gasteiger partial charge on any atom is -0.396 e. The number of benzene rings is 1. The first-order valence-electron chi connectivity index (χ1n) is 6.81. The summed E-state index contributed by atoms with van der Waals surface area (Å²) < 4.78 is 0. The summed E-state index contributed by atoms with van der Waals surface area (Å²) in [6, 6.07) is 9.87. The van der Waals surface area contributed by atoms with E-state index in [1.165, 1.54) is 0 Å². The van der Waals surface area contributed by atoms with Crippen LogP contribution in [0.15, 0.2) is 30.3 Å². The highest BCUT2D eigenvalue weighted by Crippen LogP contribution is 2.28. The lowest BCUT2D eigenvalue weighted by molar-refractivity contribution is -0.119. The minimum atomic E-state index is 0.0444. The second-order valence-electron chi connectivity index (χ2n) is 5.08. The van der Waals surface area contributed by atoms with Crippen LogP contribution in [0, 0.1) is 5.92 Å². The Labute approximate surface area is 119 Å². The third-order valence-electron chi connectivity index (χ3n) is 3.35. The average molecular weight is 279 g/mol. The molecule has 0 aliphatic carbocycles. The van der Waals surface area contributed by atoms with Crippen molar-refractivity contribution in [2.45, 2.75) is 25.0 Å². The van der Waals surface area contributed by atoms with Crippen LogP contribution in [0.2, 0.25) is 0 Å². The van der Waals surface area contributed by atoms with Gasteiger partial charge in [-0.05, 0) is 36.6 Å². The van der Waals surface area contributed by atoms with Crippen molar-refractivity contribution in [3.63, 3.8) is 0 Å². The van der Waals surface area contributed by atoms with Crippen LogP contribution in [-0.2, 0) is 4.79 Å². The van der Waals surface area contributed by atoms with Crippen molar-refractivity contribution >= 4 is 23.4 Å². The van der Waals surface area contributed by atoms with Gasteiger partial charge < -0.3 is 10.0 Å². The molecule has 1 fully saturated rings. The van der Waals surface area contributed by atoms with Gasteiger partial charge in [0.1, 0.15) is 0 Å². The molecule has 4 heteroatoms. The van der Waals surface area contributed by atoms with Gasteiger partial charge in [0.25, 0.3) is 0 Å². The van der Waals surface area contributed by atoms with Crippen LogP contribution in [0.1, 0.15) is 19.8 Å². The molecule has 2 rings (SSSR count). The predicted molar refractivity (Wildman–Crippen MR) is 80.5 cm³/mol. The van der Waals surface area contributed by atoms with Crippen molar-refractivity contribution < 1.29 is 9.90 Å². The Morgan fingerprint density at radius 2 is 2.16 bits per heavy atom. The van der Waals surface area contributed by atoms with Crippen molar-refractivity contribution in [1.82, 2.24) is 0 Å². The van der Waals surface area contributed by atoms with E-state index in [1.807, 2.05) is 42.2 Å². The molecule has 1 aromatic carbocycles. The Balaban J connectivity index is 1.98. The number of hydrogen-bond donors (Lipinski definition) is 1. The van der Waals surface area contributed by atoms with E-state index >= 15 is 0 Å². The molecule has 1 amide bonds. The summed E-state index contributed by atoms with van der Waals surface area (Å²) >= 11 is 1.69. The van der Waals surface area contributed by atoms with Gasteiger partial charge in [-0.1, -0.05) is 25.1 Å². The molecule has 1 N–H and O–H groups in total. The summed E-state index contributed by atoms with van der Waals surface area (Å²) in [7, 11) is 0. The molecule has 0 unspecified atom stereocenters. The van der Waals surface area contributed by atoms with Gasteiger partial charge in [-0.15, -0.1) is 11.8 Å². The summed E-state index contributed by atoms with van der Waals surface area (Å²) in [5.74, 6) is 1.31. The Hall–Kier alpha value is -1.00. The number of hydrogen-bond acceptors (Lipinski definition) is 3. The molecule has 0 saturated carbocycles. The van der Waals surface area contributed by atoms with E-state index in [0.29, 0.717) is 0 Å². The Morgan fingerprint density at radius 1 is 1.42 bits per heavy atom. The highest BCUT2D eigenvalue weighted by atomic mass is 32.2. The maximum Gasteiger partial charge on any atom is 0.240 e. The lowest BCUT2D eigenvalue weighted by Crippen LogP contribution is -2.43. The molecular weight excluding hydrogens is 258 g/mol. The van der Waals surface area contributed by atoms with Crippen molar-refractivity contribution in [2.24, 2.45) is 5.92 Å². The third-order valence-corrected chi connectivity index (χ3v) is 4.95. The summed E-state index contributed by atoms with van der Waals surface area (Å²) in [5.41, 5.74) is 0.994. The smallest absolute Gasteiger partial charge is 0.240 e. The first-order chi connectivity index (χ1) is 9.22. The minimum absolute atomic E-state index is 0.0444. The van der Waals surface area contributed by atoms with Crippen LogP contribution in [0.25, 0.3) is 0 Å². The zero-order chi connectivity index (χ0) is 13.7. The number of thioether (sulfide) groups is 1. The van der Waals surface area contributed by atoms with Gasteiger partial charge in [-0.3, -0.25) is 4.79 Å². The summed E-state index contributed by atoms with van der Waals surface area (Å²) in [6.45, 7) is 3.01. The number of aliphatic hydroxyl groups is 1. The van der Waals surface area contributed by atoms with E-state index in [-0.39, 0.29) is 23.7 Å². The van der Waals surface area contributed by atoms with E-state index < -0.39 is 0 Å². The molecule has 1 aliphatic rings. The standard InChI is InChI=1S/C15H21NO2S/c1-12(10-17)11-19-14-8-5-9-16(15(14)18)13-6-3-2-4-7-13/h2-4,6-7,12,14,17H,5,8-11H2,1H3/t12-,14+/m1/s1. The molecule has 0 bridgehead atoms. The predicted octanol–water partition coefficient (Wildman–Crippen LogP) is 2.54. The second kappa shape index (κ2) is 6.96. The highest BCUT2D eigenvalue weighted by molar-refractivity contribution is 8.00. The molecule has 1 aliphatic heterocycles. The van der Waals surface area contributed by atoms with E-state index in [4.69, 9.17) is 5.11 Å².